The van der Waals surface area contributed by atoms with E-state index >= 15 is 0 Å². The molecule has 0 N–H and O–H groups in total. The first-order chi connectivity index (χ1) is 10.3. The van der Waals surface area contributed by atoms with Gasteiger partial charge in [-0.1, -0.05) is 55.5 Å². The van der Waals surface area contributed by atoms with E-state index in [9.17, 15) is 0 Å². The third kappa shape index (κ3) is 2.33. The quantitative estimate of drug-likeness (QED) is 0.711. The first-order valence-electron chi connectivity index (χ1n) is 8.20. The minimum Gasteiger partial charge on any atom is -0.0763 e. The summed E-state index contributed by atoms with van der Waals surface area (Å²) in [7, 11) is 0. The van der Waals surface area contributed by atoms with Crippen molar-refractivity contribution >= 4 is 5.57 Å². The van der Waals surface area contributed by atoms with Gasteiger partial charge in [-0.3, -0.25) is 0 Å². The Kier molecular flexibility index (Phi) is 3.18. The van der Waals surface area contributed by atoms with Gasteiger partial charge in [0.15, 0.2) is 0 Å². The molecule has 0 aromatic heterocycles. The van der Waals surface area contributed by atoms with Crippen LogP contribution < -0.4 is 0 Å². The summed E-state index contributed by atoms with van der Waals surface area (Å²) in [6.45, 7) is 2.35. The van der Waals surface area contributed by atoms with Crippen molar-refractivity contribution in [3.63, 3.8) is 0 Å². The summed E-state index contributed by atoms with van der Waals surface area (Å²) in [5.41, 5.74) is 9.34. The molecule has 21 heavy (non-hydrogen) atoms. The fraction of sp³-hybridized carbons (Fsp3) is 0.333. The van der Waals surface area contributed by atoms with Gasteiger partial charge in [0.1, 0.15) is 0 Å². The highest BCUT2D eigenvalue weighted by molar-refractivity contribution is 5.74. The Morgan fingerprint density at radius 3 is 2.52 bits per heavy atom. The zero-order chi connectivity index (χ0) is 14.2. The average molecular weight is 274 g/mol. The van der Waals surface area contributed by atoms with Crippen LogP contribution in [0.2, 0.25) is 0 Å². The van der Waals surface area contributed by atoms with E-state index in [1.165, 1.54) is 24.8 Å². The van der Waals surface area contributed by atoms with Crippen LogP contribution in [0.5, 0.6) is 0 Å². The molecule has 1 unspecified atom stereocenters. The highest BCUT2D eigenvalue weighted by Gasteiger charge is 2.21. The normalized spacial score (nSPS) is 17.3. The van der Waals surface area contributed by atoms with Crippen LogP contribution in [0.25, 0.3) is 5.57 Å². The summed E-state index contributed by atoms with van der Waals surface area (Å²) in [6.07, 6.45) is 8.68. The Morgan fingerprint density at radius 1 is 0.952 bits per heavy atom. The van der Waals surface area contributed by atoms with E-state index in [0.29, 0.717) is 5.92 Å². The molecule has 0 fully saturated rings. The molecule has 0 saturated heterocycles. The zero-order valence-electron chi connectivity index (χ0n) is 12.7. The molecule has 2 aliphatic carbocycles. The standard InChI is InChI=1S/C21H22/c1-15(16-6-3-2-4-7-16)12-19-10-11-20-13-17-8-5-9-18(17)14-21(19)20/h2-4,6-7,10,13-15H,5,8-9,11-12H2,1H3. The van der Waals surface area contributed by atoms with E-state index in [2.05, 4.69) is 55.5 Å². The summed E-state index contributed by atoms with van der Waals surface area (Å²) >= 11 is 0. The molecule has 0 heterocycles. The van der Waals surface area contributed by atoms with E-state index in [4.69, 9.17) is 0 Å². The smallest absolute Gasteiger partial charge is 0.00853 e. The Hall–Kier alpha value is -1.82. The number of aryl methyl sites for hydroxylation is 2. The topological polar surface area (TPSA) is 0 Å². The number of rotatable bonds is 3. The summed E-state index contributed by atoms with van der Waals surface area (Å²) in [5.74, 6) is 0.594. The zero-order valence-corrected chi connectivity index (χ0v) is 12.7. The van der Waals surface area contributed by atoms with Crippen molar-refractivity contribution in [2.75, 3.05) is 0 Å². The maximum Gasteiger partial charge on any atom is -0.00853 e. The number of allylic oxidation sites excluding steroid dienone is 2. The van der Waals surface area contributed by atoms with Gasteiger partial charge in [0.2, 0.25) is 0 Å². The van der Waals surface area contributed by atoms with Crippen LogP contribution in [0.4, 0.5) is 0 Å². The molecule has 0 radical (unpaired) electrons. The van der Waals surface area contributed by atoms with Crippen LogP contribution in [-0.4, -0.2) is 0 Å². The van der Waals surface area contributed by atoms with Gasteiger partial charge in [-0.25, -0.2) is 0 Å². The Bertz CT molecular complexity index is 691. The largest absolute Gasteiger partial charge is 0.0763 e. The molecule has 2 aliphatic rings. The number of hydrogen-bond acceptors (Lipinski definition) is 0. The van der Waals surface area contributed by atoms with E-state index in [-0.39, 0.29) is 0 Å². The summed E-state index contributed by atoms with van der Waals surface area (Å²) in [6, 6.07) is 15.9. The summed E-state index contributed by atoms with van der Waals surface area (Å²) < 4.78 is 0. The van der Waals surface area contributed by atoms with Crippen molar-refractivity contribution in [3.8, 4) is 0 Å². The molecule has 0 bridgehead atoms. The van der Waals surface area contributed by atoms with Crippen molar-refractivity contribution in [1.29, 1.82) is 0 Å². The van der Waals surface area contributed by atoms with Gasteiger partial charge >= 0.3 is 0 Å². The molecule has 0 amide bonds. The summed E-state index contributed by atoms with van der Waals surface area (Å²) in [5, 5.41) is 0. The van der Waals surface area contributed by atoms with Crippen molar-refractivity contribution in [2.45, 2.75) is 44.9 Å². The SMILES string of the molecule is CC(CC1=CCc2cc3c(cc21)CCC3)c1ccccc1. The van der Waals surface area contributed by atoms with Gasteiger partial charge in [-0.05, 0) is 71.4 Å². The van der Waals surface area contributed by atoms with Gasteiger partial charge in [0.25, 0.3) is 0 Å². The third-order valence-electron chi connectivity index (χ3n) is 5.13. The molecular formula is C21H22. The van der Waals surface area contributed by atoms with Crippen molar-refractivity contribution < 1.29 is 0 Å². The number of hydrogen-bond donors (Lipinski definition) is 0. The van der Waals surface area contributed by atoms with Gasteiger partial charge in [0, 0.05) is 0 Å². The van der Waals surface area contributed by atoms with Crippen LogP contribution in [-0.2, 0) is 19.3 Å². The predicted octanol–water partition coefficient (Wildman–Crippen LogP) is 5.31. The van der Waals surface area contributed by atoms with Gasteiger partial charge in [-0.2, -0.15) is 0 Å². The molecular weight excluding hydrogens is 252 g/mol. The minimum atomic E-state index is 0.594. The van der Waals surface area contributed by atoms with Crippen molar-refractivity contribution in [1.82, 2.24) is 0 Å². The highest BCUT2D eigenvalue weighted by atomic mass is 14.3. The first kappa shape index (κ1) is 12.9. The maximum atomic E-state index is 2.49. The van der Waals surface area contributed by atoms with E-state index in [1.807, 2.05) is 0 Å². The molecule has 0 aliphatic heterocycles. The lowest BCUT2D eigenvalue weighted by molar-refractivity contribution is 0.792. The second kappa shape index (κ2) is 5.18. The average Bonchev–Trinajstić information content (AvgIpc) is 3.13. The molecule has 1 atom stereocenters. The van der Waals surface area contributed by atoms with Crippen LogP contribution in [0.1, 0.15) is 53.5 Å². The van der Waals surface area contributed by atoms with Crippen LogP contribution in [0, 0.1) is 0 Å². The van der Waals surface area contributed by atoms with Crippen LogP contribution in [0.15, 0.2) is 48.5 Å². The second-order valence-electron chi connectivity index (χ2n) is 6.58. The third-order valence-corrected chi connectivity index (χ3v) is 5.13. The Balaban J connectivity index is 1.59. The highest BCUT2D eigenvalue weighted by Crippen LogP contribution is 2.38. The Morgan fingerprint density at radius 2 is 1.71 bits per heavy atom. The minimum absolute atomic E-state index is 0.594. The maximum absolute atomic E-state index is 2.49. The number of fused-ring (bicyclic) bond motifs is 2. The van der Waals surface area contributed by atoms with E-state index < -0.39 is 0 Å². The fourth-order valence-electron chi connectivity index (χ4n) is 3.91. The molecule has 106 valence electrons. The van der Waals surface area contributed by atoms with Crippen LogP contribution >= 0.6 is 0 Å². The second-order valence-corrected chi connectivity index (χ2v) is 6.58. The summed E-state index contributed by atoms with van der Waals surface area (Å²) in [4.78, 5) is 0. The lowest BCUT2D eigenvalue weighted by atomic mass is 9.90. The predicted molar refractivity (Wildman–Crippen MR) is 89.6 cm³/mol. The molecule has 4 rings (SSSR count). The van der Waals surface area contributed by atoms with E-state index in [0.717, 1.165) is 12.8 Å². The van der Waals surface area contributed by atoms with Gasteiger partial charge in [0.05, 0.1) is 0 Å². The van der Waals surface area contributed by atoms with Gasteiger partial charge < -0.3 is 0 Å². The van der Waals surface area contributed by atoms with Crippen molar-refractivity contribution in [3.05, 3.63) is 76.4 Å². The van der Waals surface area contributed by atoms with Crippen LogP contribution in [0.3, 0.4) is 0 Å². The lowest BCUT2D eigenvalue weighted by Gasteiger charge is -2.15. The molecule has 2 aromatic rings. The molecule has 0 nitrogen and oxygen atoms in total. The van der Waals surface area contributed by atoms with E-state index in [1.54, 1.807) is 27.8 Å². The van der Waals surface area contributed by atoms with Gasteiger partial charge in [-0.15, -0.1) is 0 Å². The molecule has 0 spiro atoms. The van der Waals surface area contributed by atoms with Crippen molar-refractivity contribution in [2.24, 2.45) is 0 Å². The monoisotopic (exact) mass is 274 g/mol. The Labute approximate surface area is 127 Å². The first-order valence-corrected chi connectivity index (χ1v) is 8.20. The lowest BCUT2D eigenvalue weighted by Crippen LogP contribution is -1.96. The molecule has 2 aromatic carbocycles. The molecule has 0 heteroatoms. The fourth-order valence-corrected chi connectivity index (χ4v) is 3.91. The molecule has 0 saturated carbocycles. The number of benzene rings is 2.